The molecule has 0 aliphatic rings. The average Bonchev–Trinajstić information content (AvgIpc) is 2.88. The Hall–Kier alpha value is -1.02. The van der Waals surface area contributed by atoms with Gasteiger partial charge in [-0.3, -0.25) is 0 Å². The SMILES string of the molecule is CC(C)CNCCOCCOCCn1cc(CN)nn1. The molecule has 1 heterocycles. The van der Waals surface area contributed by atoms with Crippen LogP contribution < -0.4 is 11.1 Å². The van der Waals surface area contributed by atoms with Gasteiger partial charge in [0, 0.05) is 19.3 Å². The highest BCUT2D eigenvalue weighted by atomic mass is 16.5. The summed E-state index contributed by atoms with van der Waals surface area (Å²) in [7, 11) is 0. The topological polar surface area (TPSA) is 87.2 Å². The van der Waals surface area contributed by atoms with Crippen LogP contribution >= 0.6 is 0 Å². The third-order valence-electron chi connectivity index (χ3n) is 2.61. The zero-order valence-electron chi connectivity index (χ0n) is 12.5. The molecule has 1 aromatic heterocycles. The Kier molecular flexibility index (Phi) is 9.14. The van der Waals surface area contributed by atoms with Gasteiger partial charge in [0.25, 0.3) is 0 Å². The van der Waals surface area contributed by atoms with Gasteiger partial charge in [-0.1, -0.05) is 19.1 Å². The molecule has 0 atom stereocenters. The van der Waals surface area contributed by atoms with Crippen LogP contribution in [0.5, 0.6) is 0 Å². The number of rotatable bonds is 12. The Labute approximate surface area is 120 Å². The molecule has 0 spiro atoms. The van der Waals surface area contributed by atoms with Gasteiger partial charge in [-0.15, -0.1) is 5.10 Å². The van der Waals surface area contributed by atoms with Crippen molar-refractivity contribution in [2.45, 2.75) is 26.9 Å². The van der Waals surface area contributed by atoms with Crippen molar-refractivity contribution in [3.63, 3.8) is 0 Å². The van der Waals surface area contributed by atoms with E-state index in [-0.39, 0.29) is 0 Å². The molecule has 20 heavy (non-hydrogen) atoms. The molecule has 116 valence electrons. The van der Waals surface area contributed by atoms with E-state index in [2.05, 4.69) is 29.5 Å². The molecule has 0 unspecified atom stereocenters. The molecular weight excluding hydrogens is 258 g/mol. The van der Waals surface area contributed by atoms with Gasteiger partial charge < -0.3 is 20.5 Å². The van der Waals surface area contributed by atoms with Gasteiger partial charge in [-0.2, -0.15) is 0 Å². The molecule has 0 aromatic carbocycles. The van der Waals surface area contributed by atoms with Gasteiger partial charge >= 0.3 is 0 Å². The number of hydrogen-bond donors (Lipinski definition) is 2. The standard InChI is InChI=1S/C13H27N5O2/c1-12(2)10-15-3-5-19-7-8-20-6-4-18-11-13(9-14)16-17-18/h11-12,15H,3-10,14H2,1-2H3. The minimum Gasteiger partial charge on any atom is -0.378 e. The number of ether oxygens (including phenoxy) is 2. The first-order valence-corrected chi connectivity index (χ1v) is 7.17. The van der Waals surface area contributed by atoms with Crippen molar-refractivity contribution in [2.75, 3.05) is 39.5 Å². The second-order valence-corrected chi connectivity index (χ2v) is 5.00. The maximum atomic E-state index is 5.46. The van der Waals surface area contributed by atoms with Crippen LogP contribution in [0.25, 0.3) is 0 Å². The molecular formula is C13H27N5O2. The molecule has 0 aliphatic heterocycles. The third-order valence-corrected chi connectivity index (χ3v) is 2.61. The Bertz CT molecular complexity index is 343. The van der Waals surface area contributed by atoms with Crippen LogP contribution in [0.2, 0.25) is 0 Å². The van der Waals surface area contributed by atoms with Crippen LogP contribution in [0.4, 0.5) is 0 Å². The lowest BCUT2D eigenvalue weighted by Gasteiger charge is -2.08. The lowest BCUT2D eigenvalue weighted by molar-refractivity contribution is 0.0448. The summed E-state index contributed by atoms with van der Waals surface area (Å²) in [5.41, 5.74) is 6.25. The summed E-state index contributed by atoms with van der Waals surface area (Å²) < 4.78 is 12.6. The second-order valence-electron chi connectivity index (χ2n) is 5.00. The Morgan fingerprint density at radius 3 is 2.65 bits per heavy atom. The molecule has 0 amide bonds. The van der Waals surface area contributed by atoms with Crippen LogP contribution in [0.3, 0.4) is 0 Å². The molecule has 0 saturated carbocycles. The monoisotopic (exact) mass is 285 g/mol. The maximum absolute atomic E-state index is 5.46. The van der Waals surface area contributed by atoms with Crippen LogP contribution in [0.15, 0.2) is 6.20 Å². The number of aromatic nitrogens is 3. The predicted octanol–water partition coefficient (Wildman–Crippen LogP) is 0.0156. The molecule has 7 heteroatoms. The predicted molar refractivity (Wildman–Crippen MR) is 77.3 cm³/mol. The van der Waals surface area contributed by atoms with Gasteiger partial charge in [0.05, 0.1) is 38.7 Å². The summed E-state index contributed by atoms with van der Waals surface area (Å²) in [5.74, 6) is 0.676. The summed E-state index contributed by atoms with van der Waals surface area (Å²) in [5, 5.41) is 11.2. The van der Waals surface area contributed by atoms with Gasteiger partial charge in [-0.05, 0) is 12.5 Å². The summed E-state index contributed by atoms with van der Waals surface area (Å²) in [6.07, 6.45) is 1.83. The fourth-order valence-corrected chi connectivity index (χ4v) is 1.56. The fourth-order valence-electron chi connectivity index (χ4n) is 1.56. The van der Waals surface area contributed by atoms with E-state index in [1.54, 1.807) is 4.68 Å². The lowest BCUT2D eigenvalue weighted by Crippen LogP contribution is -2.24. The van der Waals surface area contributed by atoms with E-state index in [1.807, 2.05) is 6.20 Å². The van der Waals surface area contributed by atoms with E-state index >= 15 is 0 Å². The molecule has 0 saturated heterocycles. The first-order valence-electron chi connectivity index (χ1n) is 7.17. The first kappa shape index (κ1) is 17.0. The van der Waals surface area contributed by atoms with Crippen molar-refractivity contribution in [3.05, 3.63) is 11.9 Å². The molecule has 1 rings (SSSR count). The molecule has 0 bridgehead atoms. The van der Waals surface area contributed by atoms with E-state index in [0.29, 0.717) is 38.8 Å². The Balaban J connectivity index is 1.85. The summed E-state index contributed by atoms with van der Waals surface area (Å²) in [4.78, 5) is 0. The van der Waals surface area contributed by atoms with Crippen molar-refractivity contribution in [3.8, 4) is 0 Å². The summed E-state index contributed by atoms with van der Waals surface area (Å²) >= 11 is 0. The van der Waals surface area contributed by atoms with Crippen LogP contribution in [-0.2, 0) is 22.6 Å². The minimum absolute atomic E-state index is 0.416. The zero-order chi connectivity index (χ0) is 14.6. The molecule has 0 aliphatic carbocycles. The van der Waals surface area contributed by atoms with Crippen molar-refractivity contribution in [2.24, 2.45) is 11.7 Å². The van der Waals surface area contributed by atoms with Gasteiger partial charge in [-0.25, -0.2) is 4.68 Å². The van der Waals surface area contributed by atoms with Gasteiger partial charge in [0.2, 0.25) is 0 Å². The van der Waals surface area contributed by atoms with Crippen LogP contribution in [-0.4, -0.2) is 54.5 Å². The highest BCUT2D eigenvalue weighted by molar-refractivity contribution is 4.90. The molecule has 3 N–H and O–H groups in total. The highest BCUT2D eigenvalue weighted by Gasteiger charge is 1.98. The quantitative estimate of drug-likeness (QED) is 0.526. The Morgan fingerprint density at radius 1 is 1.25 bits per heavy atom. The minimum atomic E-state index is 0.416. The average molecular weight is 285 g/mol. The van der Waals surface area contributed by atoms with E-state index in [9.17, 15) is 0 Å². The van der Waals surface area contributed by atoms with Crippen molar-refractivity contribution in [1.29, 1.82) is 0 Å². The maximum Gasteiger partial charge on any atom is 0.0962 e. The molecule has 0 radical (unpaired) electrons. The third kappa shape index (κ3) is 8.21. The van der Waals surface area contributed by atoms with E-state index in [1.165, 1.54) is 0 Å². The molecule has 7 nitrogen and oxygen atoms in total. The fraction of sp³-hybridized carbons (Fsp3) is 0.846. The van der Waals surface area contributed by atoms with Gasteiger partial charge in [0.1, 0.15) is 0 Å². The van der Waals surface area contributed by atoms with Crippen LogP contribution in [0.1, 0.15) is 19.5 Å². The van der Waals surface area contributed by atoms with Gasteiger partial charge in [0.15, 0.2) is 0 Å². The number of hydrogen-bond acceptors (Lipinski definition) is 6. The van der Waals surface area contributed by atoms with E-state index in [0.717, 1.165) is 25.4 Å². The lowest BCUT2D eigenvalue weighted by atomic mass is 10.2. The van der Waals surface area contributed by atoms with Crippen LogP contribution in [0, 0.1) is 5.92 Å². The van der Waals surface area contributed by atoms with E-state index in [4.69, 9.17) is 15.2 Å². The van der Waals surface area contributed by atoms with Crippen molar-refractivity contribution in [1.82, 2.24) is 20.3 Å². The summed E-state index contributed by atoms with van der Waals surface area (Å²) in [6, 6.07) is 0. The number of nitrogens with one attached hydrogen (secondary N) is 1. The largest absolute Gasteiger partial charge is 0.378 e. The van der Waals surface area contributed by atoms with E-state index < -0.39 is 0 Å². The number of nitrogens with two attached hydrogens (primary N) is 1. The highest BCUT2D eigenvalue weighted by Crippen LogP contribution is 1.91. The normalized spacial score (nSPS) is 11.4. The Morgan fingerprint density at radius 2 is 2.00 bits per heavy atom. The zero-order valence-corrected chi connectivity index (χ0v) is 12.5. The summed E-state index contributed by atoms with van der Waals surface area (Å²) in [6.45, 7) is 9.93. The molecule has 0 fully saturated rings. The first-order chi connectivity index (χ1) is 9.72. The second kappa shape index (κ2) is 10.7. The smallest absolute Gasteiger partial charge is 0.0962 e. The van der Waals surface area contributed by atoms with Crippen molar-refractivity contribution >= 4 is 0 Å². The number of nitrogens with zero attached hydrogens (tertiary/aromatic N) is 3. The molecule has 1 aromatic rings. The van der Waals surface area contributed by atoms with Crippen molar-refractivity contribution < 1.29 is 9.47 Å².